The van der Waals surface area contributed by atoms with Crippen LogP contribution in [0.15, 0.2) is 24.3 Å². The van der Waals surface area contributed by atoms with Gasteiger partial charge in [0.2, 0.25) is 6.10 Å². The maximum absolute atomic E-state index is 11.6. The summed E-state index contributed by atoms with van der Waals surface area (Å²) in [6.07, 6.45) is -1.06. The van der Waals surface area contributed by atoms with E-state index in [1.807, 2.05) is 12.1 Å². The second-order valence-electron chi connectivity index (χ2n) is 3.48. The highest BCUT2D eigenvalue weighted by Crippen LogP contribution is 2.33. The molecule has 1 aliphatic rings. The third-order valence-corrected chi connectivity index (χ3v) is 2.30. The van der Waals surface area contributed by atoms with Crippen LogP contribution in [0.5, 0.6) is 11.5 Å². The zero-order chi connectivity index (χ0) is 11.5. The van der Waals surface area contributed by atoms with E-state index in [1.165, 1.54) is 7.11 Å². The third-order valence-electron chi connectivity index (χ3n) is 2.30. The van der Waals surface area contributed by atoms with Crippen LogP contribution in [0.1, 0.15) is 6.92 Å². The predicted octanol–water partition coefficient (Wildman–Crippen LogP) is 0.892. The molecule has 0 aliphatic carbocycles. The first-order chi connectivity index (χ1) is 7.72. The maximum Gasteiger partial charge on any atom is 0.288 e. The summed E-state index contributed by atoms with van der Waals surface area (Å²) in [5, 5.41) is 0. The minimum atomic E-state index is -0.699. The Hall–Kier alpha value is -1.75. The lowest BCUT2D eigenvalue weighted by molar-refractivity contribution is -0.144. The van der Waals surface area contributed by atoms with E-state index in [2.05, 4.69) is 10.3 Å². The van der Waals surface area contributed by atoms with Crippen LogP contribution in [0.4, 0.5) is 0 Å². The number of nitrogens with one attached hydrogen (secondary N) is 1. The van der Waals surface area contributed by atoms with E-state index in [-0.39, 0.29) is 12.0 Å². The fourth-order valence-electron chi connectivity index (χ4n) is 1.56. The van der Waals surface area contributed by atoms with Crippen LogP contribution in [0, 0.1) is 0 Å². The molecule has 0 bridgehead atoms. The monoisotopic (exact) mass is 223 g/mol. The zero-order valence-electron chi connectivity index (χ0n) is 9.10. The summed E-state index contributed by atoms with van der Waals surface area (Å²) < 4.78 is 11.1. The Morgan fingerprint density at radius 2 is 1.94 bits per heavy atom. The van der Waals surface area contributed by atoms with Crippen LogP contribution in [0.3, 0.4) is 0 Å². The fourth-order valence-corrected chi connectivity index (χ4v) is 1.56. The molecule has 16 heavy (non-hydrogen) atoms. The van der Waals surface area contributed by atoms with Crippen molar-refractivity contribution in [3.63, 3.8) is 0 Å². The number of para-hydroxylation sites is 2. The van der Waals surface area contributed by atoms with Crippen LogP contribution in [-0.4, -0.2) is 25.2 Å². The standard InChI is InChI=1S/C11H13NO4/c1-7-10(11(13)12-14-2)16-9-6-4-3-5-8(9)15-7/h3-7,10H,1-2H3,(H,12,13). The summed E-state index contributed by atoms with van der Waals surface area (Å²) >= 11 is 0. The number of hydrogen-bond donors (Lipinski definition) is 1. The molecular weight excluding hydrogens is 210 g/mol. The van der Waals surface area contributed by atoms with Gasteiger partial charge in [0, 0.05) is 0 Å². The first-order valence-electron chi connectivity index (χ1n) is 4.97. The van der Waals surface area contributed by atoms with Crippen LogP contribution < -0.4 is 15.0 Å². The number of amides is 1. The van der Waals surface area contributed by atoms with Crippen molar-refractivity contribution in [2.24, 2.45) is 0 Å². The highest BCUT2D eigenvalue weighted by atomic mass is 16.6. The van der Waals surface area contributed by atoms with Crippen molar-refractivity contribution in [3.05, 3.63) is 24.3 Å². The molecule has 1 aliphatic heterocycles. The van der Waals surface area contributed by atoms with Gasteiger partial charge in [-0.05, 0) is 19.1 Å². The molecule has 5 nitrogen and oxygen atoms in total. The number of carbonyl (C=O) groups is 1. The quantitative estimate of drug-likeness (QED) is 0.756. The molecule has 1 N–H and O–H groups in total. The Bertz CT molecular complexity index is 393. The van der Waals surface area contributed by atoms with Crippen LogP contribution in [-0.2, 0) is 9.63 Å². The van der Waals surface area contributed by atoms with Gasteiger partial charge in [-0.15, -0.1) is 0 Å². The third kappa shape index (κ3) is 1.94. The first kappa shape index (κ1) is 10.8. The highest BCUT2D eigenvalue weighted by Gasteiger charge is 2.33. The number of benzene rings is 1. The molecule has 1 aromatic rings. The number of fused-ring (bicyclic) bond motifs is 1. The summed E-state index contributed by atoms with van der Waals surface area (Å²) in [5.41, 5.74) is 2.23. The molecule has 5 heteroatoms. The second-order valence-corrected chi connectivity index (χ2v) is 3.48. The van der Waals surface area contributed by atoms with Gasteiger partial charge in [0.1, 0.15) is 6.10 Å². The Labute approximate surface area is 93.3 Å². The number of ether oxygens (including phenoxy) is 2. The van der Waals surface area contributed by atoms with Crippen molar-refractivity contribution >= 4 is 5.91 Å². The van der Waals surface area contributed by atoms with E-state index >= 15 is 0 Å². The Morgan fingerprint density at radius 1 is 1.31 bits per heavy atom. The van der Waals surface area contributed by atoms with E-state index in [4.69, 9.17) is 9.47 Å². The molecular formula is C11H13NO4. The van der Waals surface area contributed by atoms with Crippen LogP contribution in [0.2, 0.25) is 0 Å². The molecule has 0 fully saturated rings. The van der Waals surface area contributed by atoms with Crippen molar-refractivity contribution in [1.29, 1.82) is 0 Å². The van der Waals surface area contributed by atoms with E-state index in [9.17, 15) is 4.79 Å². The van der Waals surface area contributed by atoms with Gasteiger partial charge >= 0.3 is 0 Å². The second kappa shape index (κ2) is 4.40. The molecule has 0 aromatic heterocycles. The lowest BCUT2D eigenvalue weighted by atomic mass is 10.1. The maximum atomic E-state index is 11.6. The van der Waals surface area contributed by atoms with Gasteiger partial charge in [-0.2, -0.15) is 0 Å². The molecule has 1 amide bonds. The van der Waals surface area contributed by atoms with Gasteiger partial charge in [-0.1, -0.05) is 12.1 Å². The average Bonchev–Trinajstić information content (AvgIpc) is 2.28. The smallest absolute Gasteiger partial charge is 0.288 e. The van der Waals surface area contributed by atoms with E-state index < -0.39 is 6.10 Å². The molecule has 2 atom stereocenters. The van der Waals surface area contributed by atoms with Crippen molar-refractivity contribution < 1.29 is 19.1 Å². The van der Waals surface area contributed by atoms with Gasteiger partial charge in [-0.25, -0.2) is 5.48 Å². The van der Waals surface area contributed by atoms with Gasteiger partial charge in [0.15, 0.2) is 11.5 Å². The summed E-state index contributed by atoms with van der Waals surface area (Å²) in [4.78, 5) is 16.1. The molecule has 0 saturated heterocycles. The summed E-state index contributed by atoms with van der Waals surface area (Å²) in [6, 6.07) is 7.23. The molecule has 86 valence electrons. The first-order valence-corrected chi connectivity index (χ1v) is 4.97. The van der Waals surface area contributed by atoms with Crippen molar-refractivity contribution in [2.45, 2.75) is 19.1 Å². The van der Waals surface area contributed by atoms with Crippen LogP contribution in [0.25, 0.3) is 0 Å². The number of hydroxylamine groups is 1. The minimum absolute atomic E-state index is 0.356. The van der Waals surface area contributed by atoms with Gasteiger partial charge in [0.05, 0.1) is 7.11 Å². The zero-order valence-corrected chi connectivity index (χ0v) is 9.10. The lowest BCUT2D eigenvalue weighted by Crippen LogP contribution is -2.48. The molecule has 0 radical (unpaired) electrons. The summed E-state index contributed by atoms with van der Waals surface area (Å²) in [7, 11) is 1.38. The molecule has 2 unspecified atom stereocenters. The highest BCUT2D eigenvalue weighted by molar-refractivity contribution is 5.81. The summed E-state index contributed by atoms with van der Waals surface area (Å²) in [6.45, 7) is 1.77. The molecule has 1 aromatic carbocycles. The molecule has 0 spiro atoms. The minimum Gasteiger partial charge on any atom is -0.482 e. The fraction of sp³-hybridized carbons (Fsp3) is 0.364. The number of carbonyl (C=O) groups excluding carboxylic acids is 1. The SMILES string of the molecule is CONC(=O)C1Oc2ccccc2OC1C. The lowest BCUT2D eigenvalue weighted by Gasteiger charge is -2.30. The van der Waals surface area contributed by atoms with Crippen molar-refractivity contribution in [1.82, 2.24) is 5.48 Å². The van der Waals surface area contributed by atoms with Crippen molar-refractivity contribution in [3.8, 4) is 11.5 Å². The van der Waals surface area contributed by atoms with Gasteiger partial charge < -0.3 is 9.47 Å². The Morgan fingerprint density at radius 3 is 2.56 bits per heavy atom. The Balaban J connectivity index is 2.18. The number of rotatable bonds is 2. The van der Waals surface area contributed by atoms with E-state index in [0.717, 1.165) is 0 Å². The van der Waals surface area contributed by atoms with Crippen LogP contribution >= 0.6 is 0 Å². The summed E-state index contributed by atoms with van der Waals surface area (Å²) in [5.74, 6) is 0.859. The predicted molar refractivity (Wildman–Crippen MR) is 56.1 cm³/mol. The largest absolute Gasteiger partial charge is 0.482 e. The molecule has 0 saturated carbocycles. The normalized spacial score (nSPS) is 22.6. The van der Waals surface area contributed by atoms with Gasteiger partial charge in [0.25, 0.3) is 5.91 Å². The van der Waals surface area contributed by atoms with Crippen molar-refractivity contribution in [2.75, 3.05) is 7.11 Å². The van der Waals surface area contributed by atoms with Gasteiger partial charge in [-0.3, -0.25) is 9.63 Å². The molecule has 2 rings (SSSR count). The Kier molecular flexibility index (Phi) is 2.96. The number of hydrogen-bond acceptors (Lipinski definition) is 4. The van der Waals surface area contributed by atoms with E-state index in [1.54, 1.807) is 19.1 Å². The topological polar surface area (TPSA) is 56.8 Å². The average molecular weight is 223 g/mol. The van der Waals surface area contributed by atoms with E-state index in [0.29, 0.717) is 11.5 Å². The molecule has 1 heterocycles.